The van der Waals surface area contributed by atoms with Crippen molar-refractivity contribution in [2.75, 3.05) is 31.5 Å². The number of aryl methyl sites for hydroxylation is 2. The highest BCUT2D eigenvalue weighted by molar-refractivity contribution is 5.97. The molecule has 1 saturated heterocycles. The third-order valence-electron chi connectivity index (χ3n) is 6.55. The van der Waals surface area contributed by atoms with Crippen LogP contribution in [0.2, 0.25) is 0 Å². The maximum Gasteiger partial charge on any atom is 0.322 e. The molecule has 0 radical (unpaired) electrons. The molecule has 8 heteroatoms. The molecule has 4 amide bonds. The highest BCUT2D eigenvalue weighted by Gasteiger charge is 2.31. The first kappa shape index (κ1) is 22.6. The number of nitrogens with one attached hydrogen (secondary N) is 2. The van der Waals surface area contributed by atoms with Crippen molar-refractivity contribution in [3.63, 3.8) is 0 Å². The molecule has 0 aliphatic carbocycles. The number of piperidine rings is 1. The Morgan fingerprint density at radius 1 is 1.09 bits per heavy atom. The van der Waals surface area contributed by atoms with Gasteiger partial charge in [0.15, 0.2) is 0 Å². The second kappa shape index (κ2) is 9.52. The van der Waals surface area contributed by atoms with Crippen molar-refractivity contribution < 1.29 is 19.5 Å². The fourth-order valence-electron chi connectivity index (χ4n) is 4.62. The smallest absolute Gasteiger partial charge is 0.322 e. The van der Waals surface area contributed by atoms with E-state index < -0.39 is 0 Å². The molecule has 0 atom stereocenters. The standard InChI is InChI=1S/C25H30N4O4/c1-16-13-19(14-17(2)23(16)31)24(32)26-15-22(30)28-10-8-20(9-11-28)29-12-7-18-5-3-4-6-21(18)27-25(29)33/h3-6,13-14,20,31H,7-12,15H2,1-2H3,(H,26,32)(H,27,33). The van der Waals surface area contributed by atoms with Crippen molar-refractivity contribution in [1.82, 2.24) is 15.1 Å². The Labute approximate surface area is 193 Å². The van der Waals surface area contributed by atoms with E-state index in [-0.39, 0.29) is 36.2 Å². The summed E-state index contributed by atoms with van der Waals surface area (Å²) < 4.78 is 0. The first-order valence-electron chi connectivity index (χ1n) is 11.3. The molecule has 0 unspecified atom stereocenters. The van der Waals surface area contributed by atoms with E-state index in [0.29, 0.717) is 49.2 Å². The Morgan fingerprint density at radius 3 is 2.45 bits per heavy atom. The van der Waals surface area contributed by atoms with Crippen LogP contribution in [0.15, 0.2) is 36.4 Å². The van der Waals surface area contributed by atoms with Crippen LogP contribution in [0.5, 0.6) is 5.75 Å². The largest absolute Gasteiger partial charge is 0.507 e. The lowest BCUT2D eigenvalue weighted by Gasteiger charge is -2.38. The number of aromatic hydroxyl groups is 1. The summed E-state index contributed by atoms with van der Waals surface area (Å²) in [4.78, 5) is 41.5. The number of urea groups is 1. The zero-order chi connectivity index (χ0) is 23.5. The van der Waals surface area contributed by atoms with Crippen LogP contribution in [0.4, 0.5) is 10.5 Å². The highest BCUT2D eigenvalue weighted by Crippen LogP contribution is 2.25. The van der Waals surface area contributed by atoms with Gasteiger partial charge in [0.2, 0.25) is 5.91 Å². The van der Waals surface area contributed by atoms with E-state index in [0.717, 1.165) is 17.7 Å². The number of anilines is 1. The second-order valence-corrected chi connectivity index (χ2v) is 8.78. The number of carbonyl (C=O) groups is 3. The van der Waals surface area contributed by atoms with Gasteiger partial charge in [0.05, 0.1) is 6.54 Å². The summed E-state index contributed by atoms with van der Waals surface area (Å²) in [7, 11) is 0. The van der Waals surface area contributed by atoms with Gasteiger partial charge in [-0.05, 0) is 68.0 Å². The fraction of sp³-hybridized carbons (Fsp3) is 0.400. The topological polar surface area (TPSA) is 102 Å². The minimum atomic E-state index is -0.342. The Bertz CT molecular complexity index is 1050. The Hall–Kier alpha value is -3.55. The quantitative estimate of drug-likeness (QED) is 0.667. The zero-order valence-electron chi connectivity index (χ0n) is 19.1. The lowest BCUT2D eigenvalue weighted by atomic mass is 10.0. The SMILES string of the molecule is Cc1cc(C(=O)NCC(=O)N2CCC(N3CCc4ccccc4NC3=O)CC2)cc(C)c1O. The number of phenolic OH excluding ortho intramolecular Hbond substituents is 1. The van der Waals surface area contributed by atoms with Gasteiger partial charge >= 0.3 is 6.03 Å². The maximum atomic E-state index is 12.7. The number of amides is 4. The number of hydrogen-bond donors (Lipinski definition) is 3. The third kappa shape index (κ3) is 4.94. The van der Waals surface area contributed by atoms with E-state index in [1.807, 2.05) is 29.2 Å². The van der Waals surface area contributed by atoms with Crippen LogP contribution in [-0.4, -0.2) is 65.0 Å². The van der Waals surface area contributed by atoms with Crippen LogP contribution < -0.4 is 10.6 Å². The molecule has 2 aromatic rings. The zero-order valence-corrected chi connectivity index (χ0v) is 19.1. The molecule has 0 bridgehead atoms. The molecule has 0 aromatic heterocycles. The van der Waals surface area contributed by atoms with E-state index in [9.17, 15) is 19.5 Å². The van der Waals surface area contributed by atoms with Gasteiger partial charge in [0.25, 0.3) is 5.91 Å². The number of likely N-dealkylation sites (tertiary alicyclic amines) is 1. The summed E-state index contributed by atoms with van der Waals surface area (Å²) in [6.45, 7) is 5.14. The van der Waals surface area contributed by atoms with Crippen molar-refractivity contribution in [3.05, 3.63) is 58.7 Å². The van der Waals surface area contributed by atoms with Crippen LogP contribution in [0.3, 0.4) is 0 Å². The molecule has 2 aliphatic rings. The fourth-order valence-corrected chi connectivity index (χ4v) is 4.62. The molecule has 0 spiro atoms. The Balaban J connectivity index is 1.28. The van der Waals surface area contributed by atoms with Gasteiger partial charge in [-0.1, -0.05) is 18.2 Å². The Kier molecular flexibility index (Phi) is 6.53. The molecular formula is C25H30N4O4. The molecule has 2 aliphatic heterocycles. The summed E-state index contributed by atoms with van der Waals surface area (Å²) in [5.41, 5.74) is 3.66. The second-order valence-electron chi connectivity index (χ2n) is 8.78. The number of rotatable bonds is 4. The molecule has 3 N–H and O–H groups in total. The molecule has 174 valence electrons. The van der Waals surface area contributed by atoms with Crippen LogP contribution in [0.25, 0.3) is 0 Å². The Morgan fingerprint density at radius 2 is 1.76 bits per heavy atom. The van der Waals surface area contributed by atoms with Gasteiger partial charge in [-0.3, -0.25) is 9.59 Å². The predicted molar refractivity (Wildman–Crippen MR) is 125 cm³/mol. The summed E-state index contributed by atoms with van der Waals surface area (Å²) in [6.07, 6.45) is 2.22. The number of nitrogens with zero attached hydrogens (tertiary/aromatic N) is 2. The molecule has 8 nitrogen and oxygen atoms in total. The van der Waals surface area contributed by atoms with Crippen LogP contribution >= 0.6 is 0 Å². The minimum absolute atomic E-state index is 0.0814. The van der Waals surface area contributed by atoms with Crippen molar-refractivity contribution in [1.29, 1.82) is 0 Å². The van der Waals surface area contributed by atoms with Crippen molar-refractivity contribution in [3.8, 4) is 5.75 Å². The lowest BCUT2D eigenvalue weighted by molar-refractivity contribution is -0.131. The van der Waals surface area contributed by atoms with Gasteiger partial charge in [-0.2, -0.15) is 0 Å². The van der Waals surface area contributed by atoms with Crippen LogP contribution in [0.1, 0.15) is 39.9 Å². The molecule has 4 rings (SSSR count). The lowest BCUT2D eigenvalue weighted by Crippen LogP contribution is -2.51. The minimum Gasteiger partial charge on any atom is -0.507 e. The highest BCUT2D eigenvalue weighted by atomic mass is 16.3. The van der Waals surface area contributed by atoms with E-state index in [1.54, 1.807) is 30.9 Å². The predicted octanol–water partition coefficient (Wildman–Crippen LogP) is 2.82. The van der Waals surface area contributed by atoms with Crippen LogP contribution in [-0.2, 0) is 11.2 Å². The molecule has 33 heavy (non-hydrogen) atoms. The van der Waals surface area contributed by atoms with Crippen LogP contribution in [0, 0.1) is 13.8 Å². The van der Waals surface area contributed by atoms with E-state index in [1.165, 1.54) is 0 Å². The summed E-state index contributed by atoms with van der Waals surface area (Å²) in [6, 6.07) is 11.1. The first-order valence-corrected chi connectivity index (χ1v) is 11.3. The van der Waals surface area contributed by atoms with Gasteiger partial charge in [0.1, 0.15) is 5.75 Å². The first-order chi connectivity index (χ1) is 15.8. The number of hydrogen-bond acceptors (Lipinski definition) is 4. The average molecular weight is 451 g/mol. The van der Waals surface area contributed by atoms with Crippen molar-refractivity contribution in [2.24, 2.45) is 0 Å². The van der Waals surface area contributed by atoms with E-state index in [4.69, 9.17) is 0 Å². The third-order valence-corrected chi connectivity index (χ3v) is 6.55. The number of benzene rings is 2. The summed E-state index contributed by atoms with van der Waals surface area (Å²) in [5, 5.41) is 15.6. The maximum absolute atomic E-state index is 12.7. The van der Waals surface area contributed by atoms with Crippen molar-refractivity contribution >= 4 is 23.5 Å². The molecule has 0 saturated carbocycles. The summed E-state index contributed by atoms with van der Waals surface area (Å²) >= 11 is 0. The van der Waals surface area contributed by atoms with Gasteiger partial charge in [-0.15, -0.1) is 0 Å². The summed E-state index contributed by atoms with van der Waals surface area (Å²) in [5.74, 6) is -0.306. The van der Waals surface area contributed by atoms with Gasteiger partial charge in [-0.25, -0.2) is 4.79 Å². The van der Waals surface area contributed by atoms with Crippen molar-refractivity contribution in [2.45, 2.75) is 39.2 Å². The molecule has 2 heterocycles. The molecule has 2 aromatic carbocycles. The normalized spacial score (nSPS) is 16.6. The number of para-hydroxylation sites is 1. The average Bonchev–Trinajstić information content (AvgIpc) is 2.98. The van der Waals surface area contributed by atoms with E-state index in [2.05, 4.69) is 10.6 Å². The number of phenols is 1. The van der Waals surface area contributed by atoms with Gasteiger partial charge in [0, 0.05) is 36.9 Å². The van der Waals surface area contributed by atoms with Gasteiger partial charge < -0.3 is 25.5 Å². The van der Waals surface area contributed by atoms with E-state index >= 15 is 0 Å². The number of carbonyl (C=O) groups excluding carboxylic acids is 3. The molecule has 1 fully saturated rings. The molecular weight excluding hydrogens is 420 g/mol. The number of fused-ring (bicyclic) bond motifs is 1. The monoisotopic (exact) mass is 450 g/mol.